The van der Waals surface area contributed by atoms with E-state index in [0.29, 0.717) is 6.54 Å². The number of nitrogens with zero attached hydrogens (tertiary/aromatic N) is 1. The average Bonchev–Trinajstić information content (AvgIpc) is 2.24. The summed E-state index contributed by atoms with van der Waals surface area (Å²) in [5.74, 6) is -0.974. The molecule has 0 amide bonds. The number of aryl methyl sites for hydroxylation is 1. The van der Waals surface area contributed by atoms with E-state index < -0.39 is 12.1 Å². The van der Waals surface area contributed by atoms with Crippen LogP contribution in [-0.4, -0.2) is 35.4 Å². The highest BCUT2D eigenvalue weighted by Gasteiger charge is 2.14. The quantitative estimate of drug-likeness (QED) is 0.790. The second-order valence-corrected chi connectivity index (χ2v) is 4.13. The Kier molecular flexibility index (Phi) is 4.97. The Morgan fingerprint density at radius 3 is 2.71 bits per heavy atom. The average molecular weight is 237 g/mol. The second kappa shape index (κ2) is 6.25. The van der Waals surface area contributed by atoms with E-state index in [1.54, 1.807) is 0 Å². The van der Waals surface area contributed by atoms with E-state index in [9.17, 15) is 9.90 Å². The van der Waals surface area contributed by atoms with Gasteiger partial charge in [0.2, 0.25) is 0 Å². The minimum Gasteiger partial charge on any atom is -0.481 e. The highest BCUT2D eigenvalue weighted by Crippen LogP contribution is 2.16. The molecule has 94 valence electrons. The molecule has 0 aliphatic carbocycles. The van der Waals surface area contributed by atoms with E-state index in [4.69, 9.17) is 5.11 Å². The van der Waals surface area contributed by atoms with Crippen molar-refractivity contribution in [3.8, 4) is 0 Å². The van der Waals surface area contributed by atoms with Crippen LogP contribution in [0.2, 0.25) is 0 Å². The lowest BCUT2D eigenvalue weighted by molar-refractivity contribution is -0.139. The summed E-state index contributed by atoms with van der Waals surface area (Å²) < 4.78 is 0. The molecule has 0 heterocycles. The molecule has 1 atom stereocenters. The molecular formula is C13H19NO3. The molecular weight excluding hydrogens is 218 g/mol. The van der Waals surface area contributed by atoms with Gasteiger partial charge in [-0.05, 0) is 31.5 Å². The van der Waals surface area contributed by atoms with Crippen LogP contribution in [0.25, 0.3) is 0 Å². The van der Waals surface area contributed by atoms with Crippen molar-refractivity contribution in [2.75, 3.05) is 18.0 Å². The lowest BCUT2D eigenvalue weighted by Gasteiger charge is -2.25. The number of carboxylic acid groups (broad SMARTS) is 1. The first-order valence-electron chi connectivity index (χ1n) is 5.74. The van der Waals surface area contributed by atoms with E-state index in [1.807, 2.05) is 43.0 Å². The van der Waals surface area contributed by atoms with Crippen molar-refractivity contribution in [1.29, 1.82) is 0 Å². The molecule has 0 aromatic heterocycles. The predicted molar refractivity (Wildman–Crippen MR) is 67.3 cm³/mol. The lowest BCUT2D eigenvalue weighted by atomic mass is 10.2. The number of aliphatic hydroxyl groups excluding tert-OH is 1. The molecule has 0 radical (unpaired) electrons. The van der Waals surface area contributed by atoms with Crippen LogP contribution < -0.4 is 4.90 Å². The molecule has 17 heavy (non-hydrogen) atoms. The molecule has 1 rings (SSSR count). The van der Waals surface area contributed by atoms with Gasteiger partial charge < -0.3 is 15.1 Å². The van der Waals surface area contributed by atoms with Gasteiger partial charge in [-0.1, -0.05) is 12.1 Å². The summed E-state index contributed by atoms with van der Waals surface area (Å²) >= 11 is 0. The van der Waals surface area contributed by atoms with Crippen molar-refractivity contribution in [3.63, 3.8) is 0 Å². The second-order valence-electron chi connectivity index (χ2n) is 4.13. The van der Waals surface area contributed by atoms with Gasteiger partial charge in [0.25, 0.3) is 0 Å². The van der Waals surface area contributed by atoms with E-state index in [-0.39, 0.29) is 6.42 Å². The van der Waals surface area contributed by atoms with Gasteiger partial charge in [0.1, 0.15) is 0 Å². The maximum atomic E-state index is 10.5. The van der Waals surface area contributed by atoms with E-state index in [0.717, 1.165) is 17.8 Å². The van der Waals surface area contributed by atoms with Crippen LogP contribution in [-0.2, 0) is 4.79 Å². The highest BCUT2D eigenvalue weighted by atomic mass is 16.4. The van der Waals surface area contributed by atoms with E-state index in [2.05, 4.69) is 0 Å². The van der Waals surface area contributed by atoms with Gasteiger partial charge >= 0.3 is 5.97 Å². The molecule has 0 saturated carbocycles. The maximum absolute atomic E-state index is 10.5. The first-order valence-corrected chi connectivity index (χ1v) is 5.74. The molecule has 0 aliphatic heterocycles. The maximum Gasteiger partial charge on any atom is 0.306 e. The molecule has 0 fully saturated rings. The standard InChI is InChI=1S/C13H19NO3/c1-3-14(9-12(15)8-13(16)17)11-6-4-5-10(2)7-11/h4-7,12,15H,3,8-9H2,1-2H3,(H,16,17). The fraction of sp³-hybridized carbons (Fsp3) is 0.462. The first kappa shape index (κ1) is 13.5. The minimum atomic E-state index is -0.974. The summed E-state index contributed by atoms with van der Waals surface area (Å²) in [5, 5.41) is 18.2. The van der Waals surface area contributed by atoms with Crippen LogP contribution in [0.1, 0.15) is 18.9 Å². The zero-order valence-corrected chi connectivity index (χ0v) is 10.3. The number of aliphatic hydroxyl groups is 1. The zero-order valence-electron chi connectivity index (χ0n) is 10.3. The third-order valence-electron chi connectivity index (χ3n) is 2.59. The Bertz CT molecular complexity index is 379. The number of aliphatic carboxylic acids is 1. The van der Waals surface area contributed by atoms with Gasteiger partial charge in [-0.25, -0.2) is 0 Å². The lowest BCUT2D eigenvalue weighted by Crippen LogP contribution is -2.33. The van der Waals surface area contributed by atoms with Gasteiger partial charge in [-0.15, -0.1) is 0 Å². The highest BCUT2D eigenvalue weighted by molar-refractivity contribution is 5.67. The van der Waals surface area contributed by atoms with Crippen LogP contribution in [0.3, 0.4) is 0 Å². The number of rotatable bonds is 6. The van der Waals surface area contributed by atoms with Crippen LogP contribution in [0.15, 0.2) is 24.3 Å². The van der Waals surface area contributed by atoms with Crippen LogP contribution in [0, 0.1) is 6.92 Å². The van der Waals surface area contributed by atoms with Gasteiger partial charge in [0, 0.05) is 18.8 Å². The van der Waals surface area contributed by atoms with Gasteiger partial charge in [-0.3, -0.25) is 4.79 Å². The van der Waals surface area contributed by atoms with Crippen molar-refractivity contribution in [1.82, 2.24) is 0 Å². The molecule has 4 nitrogen and oxygen atoms in total. The Hall–Kier alpha value is -1.55. The fourth-order valence-electron chi connectivity index (χ4n) is 1.76. The SMILES string of the molecule is CCN(CC(O)CC(=O)O)c1cccc(C)c1. The smallest absolute Gasteiger partial charge is 0.306 e. The number of benzene rings is 1. The summed E-state index contributed by atoms with van der Waals surface area (Å²) in [4.78, 5) is 12.5. The predicted octanol–water partition coefficient (Wildman–Crippen LogP) is 1.66. The monoisotopic (exact) mass is 237 g/mol. The first-order chi connectivity index (χ1) is 8.02. The third kappa shape index (κ3) is 4.44. The largest absolute Gasteiger partial charge is 0.481 e. The Morgan fingerprint density at radius 2 is 2.18 bits per heavy atom. The molecule has 0 bridgehead atoms. The zero-order chi connectivity index (χ0) is 12.8. The Labute approximate surface area is 101 Å². The molecule has 1 aromatic rings. The molecule has 0 saturated heterocycles. The van der Waals surface area contributed by atoms with Gasteiger partial charge in [-0.2, -0.15) is 0 Å². The summed E-state index contributed by atoms with van der Waals surface area (Å²) in [5.41, 5.74) is 2.16. The van der Waals surface area contributed by atoms with Crippen molar-refractivity contribution < 1.29 is 15.0 Å². The number of hydrogen-bond acceptors (Lipinski definition) is 3. The molecule has 2 N–H and O–H groups in total. The minimum absolute atomic E-state index is 0.220. The van der Waals surface area contributed by atoms with Crippen molar-refractivity contribution in [2.45, 2.75) is 26.4 Å². The van der Waals surface area contributed by atoms with Crippen LogP contribution in [0.5, 0.6) is 0 Å². The van der Waals surface area contributed by atoms with Crippen molar-refractivity contribution in [2.24, 2.45) is 0 Å². The summed E-state index contributed by atoms with van der Waals surface area (Å²) in [6.07, 6.45) is -1.06. The Morgan fingerprint density at radius 1 is 1.47 bits per heavy atom. The van der Waals surface area contributed by atoms with Crippen molar-refractivity contribution in [3.05, 3.63) is 29.8 Å². The topological polar surface area (TPSA) is 60.8 Å². The van der Waals surface area contributed by atoms with Crippen LogP contribution >= 0.6 is 0 Å². The van der Waals surface area contributed by atoms with E-state index >= 15 is 0 Å². The molecule has 0 aliphatic rings. The normalized spacial score (nSPS) is 12.2. The molecule has 1 aromatic carbocycles. The van der Waals surface area contributed by atoms with Gasteiger partial charge in [0.15, 0.2) is 0 Å². The number of hydrogen-bond donors (Lipinski definition) is 2. The summed E-state index contributed by atoms with van der Waals surface area (Å²) in [7, 11) is 0. The number of carboxylic acids is 1. The molecule has 1 unspecified atom stereocenters. The van der Waals surface area contributed by atoms with Crippen molar-refractivity contribution >= 4 is 11.7 Å². The number of carbonyl (C=O) groups is 1. The Balaban J connectivity index is 2.68. The molecule has 0 spiro atoms. The fourth-order valence-corrected chi connectivity index (χ4v) is 1.76. The van der Waals surface area contributed by atoms with Crippen LogP contribution in [0.4, 0.5) is 5.69 Å². The molecule has 4 heteroatoms. The number of anilines is 1. The summed E-state index contributed by atoms with van der Waals surface area (Å²) in [6.45, 7) is 5.06. The summed E-state index contributed by atoms with van der Waals surface area (Å²) in [6, 6.07) is 7.95. The third-order valence-corrected chi connectivity index (χ3v) is 2.59. The van der Waals surface area contributed by atoms with Gasteiger partial charge in [0.05, 0.1) is 12.5 Å². The number of likely N-dealkylation sites (N-methyl/N-ethyl adjacent to an activating group) is 1. The van der Waals surface area contributed by atoms with E-state index in [1.165, 1.54) is 0 Å².